The van der Waals surface area contributed by atoms with Crippen LogP contribution < -0.4 is 5.73 Å². The zero-order valence-corrected chi connectivity index (χ0v) is 12.7. The van der Waals surface area contributed by atoms with Gasteiger partial charge in [-0.15, -0.1) is 0 Å². The van der Waals surface area contributed by atoms with E-state index in [0.717, 1.165) is 22.2 Å². The van der Waals surface area contributed by atoms with Crippen LogP contribution in [0.2, 0.25) is 0 Å². The van der Waals surface area contributed by atoms with E-state index in [1.165, 1.54) is 17.1 Å². The third kappa shape index (κ3) is 1.78. The molecule has 0 aliphatic rings. The fourth-order valence-electron chi connectivity index (χ4n) is 3.23. The molecule has 0 fully saturated rings. The fourth-order valence-corrected chi connectivity index (χ4v) is 3.23. The number of H-pyrrole nitrogens is 1. The van der Waals surface area contributed by atoms with E-state index in [1.807, 2.05) is 24.3 Å². The molecule has 5 aromatic rings. The summed E-state index contributed by atoms with van der Waals surface area (Å²) < 4.78 is 0. The number of benzene rings is 3. The Labute approximate surface area is 137 Å². The van der Waals surface area contributed by atoms with E-state index in [2.05, 4.69) is 50.3 Å². The van der Waals surface area contributed by atoms with E-state index < -0.39 is 0 Å². The number of aromatic amines is 1. The third-order valence-electron chi connectivity index (χ3n) is 4.33. The maximum atomic E-state index is 5.95. The van der Waals surface area contributed by atoms with Crippen LogP contribution in [0.4, 0.5) is 5.82 Å². The Morgan fingerprint density at radius 3 is 2.17 bits per heavy atom. The van der Waals surface area contributed by atoms with Gasteiger partial charge in [-0.2, -0.15) is 0 Å². The van der Waals surface area contributed by atoms with E-state index in [9.17, 15) is 0 Å². The standard InChI is InChI=1S/C19H13N5/c20-17-16-19(22-10-21-17)24-18(23-16)15-13-7-3-1-5-11(13)9-12-6-2-4-8-14(12)15/h1-10H,(H3,20,21,22,23,24). The Balaban J connectivity index is 1.96. The second-order valence-corrected chi connectivity index (χ2v) is 5.74. The first-order valence-electron chi connectivity index (χ1n) is 7.68. The van der Waals surface area contributed by atoms with Gasteiger partial charge in [0.15, 0.2) is 11.5 Å². The summed E-state index contributed by atoms with van der Waals surface area (Å²) in [5.41, 5.74) is 8.26. The molecule has 114 valence electrons. The van der Waals surface area contributed by atoms with Crippen molar-refractivity contribution in [2.45, 2.75) is 0 Å². The van der Waals surface area contributed by atoms with Crippen LogP contribution in [0.3, 0.4) is 0 Å². The number of imidazole rings is 1. The second-order valence-electron chi connectivity index (χ2n) is 5.74. The minimum atomic E-state index is 0.406. The van der Waals surface area contributed by atoms with Crippen LogP contribution in [-0.4, -0.2) is 19.9 Å². The van der Waals surface area contributed by atoms with Crippen molar-refractivity contribution < 1.29 is 0 Å². The Morgan fingerprint density at radius 1 is 0.833 bits per heavy atom. The molecule has 5 heteroatoms. The van der Waals surface area contributed by atoms with Crippen molar-refractivity contribution in [1.29, 1.82) is 0 Å². The number of hydrogen-bond donors (Lipinski definition) is 2. The van der Waals surface area contributed by atoms with Gasteiger partial charge in [-0.1, -0.05) is 48.5 Å². The molecule has 3 N–H and O–H groups in total. The number of nitrogens with zero attached hydrogens (tertiary/aromatic N) is 3. The number of nitrogens with one attached hydrogen (secondary N) is 1. The molecule has 0 saturated carbocycles. The first-order valence-corrected chi connectivity index (χ1v) is 7.68. The Kier molecular flexibility index (Phi) is 2.58. The van der Waals surface area contributed by atoms with Crippen molar-refractivity contribution in [2.75, 3.05) is 5.73 Å². The molecule has 24 heavy (non-hydrogen) atoms. The molecular weight excluding hydrogens is 298 g/mol. The number of hydrogen-bond acceptors (Lipinski definition) is 4. The van der Waals surface area contributed by atoms with Gasteiger partial charge in [-0.05, 0) is 27.6 Å². The first-order chi connectivity index (χ1) is 11.8. The largest absolute Gasteiger partial charge is 0.382 e. The van der Waals surface area contributed by atoms with Crippen molar-refractivity contribution >= 4 is 38.5 Å². The van der Waals surface area contributed by atoms with Gasteiger partial charge in [-0.3, -0.25) is 0 Å². The Hall–Kier alpha value is -3.47. The van der Waals surface area contributed by atoms with Gasteiger partial charge in [0.1, 0.15) is 17.7 Å². The molecule has 2 aromatic heterocycles. The summed E-state index contributed by atoms with van der Waals surface area (Å²) >= 11 is 0. The average Bonchev–Trinajstić information content (AvgIpc) is 3.05. The van der Waals surface area contributed by atoms with Gasteiger partial charge in [-0.25, -0.2) is 15.0 Å². The first kappa shape index (κ1) is 13.0. The highest BCUT2D eigenvalue weighted by Crippen LogP contribution is 2.35. The quantitative estimate of drug-likeness (QED) is 0.460. The SMILES string of the molecule is Nc1ncnc2nc(-c3c4ccccc4cc4ccccc34)[nH]c12. The molecule has 0 amide bonds. The van der Waals surface area contributed by atoms with Crippen LogP contribution in [0.1, 0.15) is 0 Å². The van der Waals surface area contributed by atoms with E-state index in [0.29, 0.717) is 17.0 Å². The number of nitrogen functional groups attached to an aromatic ring is 1. The number of anilines is 1. The van der Waals surface area contributed by atoms with Crippen LogP contribution in [0, 0.1) is 0 Å². The molecule has 0 aliphatic heterocycles. The molecule has 5 nitrogen and oxygen atoms in total. The maximum Gasteiger partial charge on any atom is 0.183 e. The summed E-state index contributed by atoms with van der Waals surface area (Å²) in [4.78, 5) is 16.2. The van der Waals surface area contributed by atoms with E-state index in [1.54, 1.807) is 0 Å². The zero-order chi connectivity index (χ0) is 16.1. The normalized spacial score (nSPS) is 11.5. The second kappa shape index (κ2) is 4.76. The smallest absolute Gasteiger partial charge is 0.183 e. The lowest BCUT2D eigenvalue weighted by Gasteiger charge is -2.09. The van der Waals surface area contributed by atoms with Gasteiger partial charge in [0.05, 0.1) is 0 Å². The predicted molar refractivity (Wildman–Crippen MR) is 96.5 cm³/mol. The maximum absolute atomic E-state index is 5.95. The predicted octanol–water partition coefficient (Wildman–Crippen LogP) is 3.91. The highest BCUT2D eigenvalue weighted by atomic mass is 15.0. The monoisotopic (exact) mass is 311 g/mol. The van der Waals surface area contributed by atoms with Crippen LogP contribution in [0.15, 0.2) is 60.9 Å². The van der Waals surface area contributed by atoms with Gasteiger partial charge in [0, 0.05) is 5.56 Å². The van der Waals surface area contributed by atoms with Gasteiger partial charge in [0.2, 0.25) is 0 Å². The molecule has 0 radical (unpaired) electrons. The number of nitrogens with two attached hydrogens (primary N) is 1. The molecule has 0 bridgehead atoms. The summed E-state index contributed by atoms with van der Waals surface area (Å²) in [7, 11) is 0. The summed E-state index contributed by atoms with van der Waals surface area (Å²) in [5, 5.41) is 4.62. The molecule has 0 unspecified atom stereocenters. The Morgan fingerprint density at radius 2 is 1.50 bits per heavy atom. The summed E-state index contributed by atoms with van der Waals surface area (Å²) in [6.45, 7) is 0. The number of rotatable bonds is 1. The van der Waals surface area contributed by atoms with Gasteiger partial charge < -0.3 is 10.7 Å². The average molecular weight is 311 g/mol. The summed E-state index contributed by atoms with van der Waals surface area (Å²) in [6.07, 6.45) is 1.43. The van der Waals surface area contributed by atoms with Crippen molar-refractivity contribution in [3.63, 3.8) is 0 Å². The number of fused-ring (bicyclic) bond motifs is 3. The number of aromatic nitrogens is 4. The highest BCUT2D eigenvalue weighted by molar-refractivity contribution is 6.12. The van der Waals surface area contributed by atoms with Crippen LogP contribution in [0.5, 0.6) is 0 Å². The van der Waals surface area contributed by atoms with Gasteiger partial charge >= 0.3 is 0 Å². The molecule has 0 saturated heterocycles. The molecule has 2 heterocycles. The lowest BCUT2D eigenvalue weighted by Crippen LogP contribution is -1.91. The third-order valence-corrected chi connectivity index (χ3v) is 4.33. The van der Waals surface area contributed by atoms with Crippen molar-refractivity contribution in [3.05, 3.63) is 60.9 Å². The molecule has 0 aliphatic carbocycles. The fraction of sp³-hybridized carbons (Fsp3) is 0. The van der Waals surface area contributed by atoms with Crippen LogP contribution >= 0.6 is 0 Å². The van der Waals surface area contributed by atoms with E-state index in [4.69, 9.17) is 5.73 Å². The van der Waals surface area contributed by atoms with Crippen molar-refractivity contribution in [3.8, 4) is 11.4 Å². The lowest BCUT2D eigenvalue weighted by molar-refractivity contribution is 1.21. The van der Waals surface area contributed by atoms with Crippen molar-refractivity contribution in [2.24, 2.45) is 0 Å². The minimum absolute atomic E-state index is 0.406. The summed E-state index contributed by atoms with van der Waals surface area (Å²) in [6, 6.07) is 18.8. The van der Waals surface area contributed by atoms with Crippen molar-refractivity contribution in [1.82, 2.24) is 19.9 Å². The lowest BCUT2D eigenvalue weighted by atomic mass is 9.96. The zero-order valence-electron chi connectivity index (χ0n) is 12.7. The summed E-state index contributed by atoms with van der Waals surface area (Å²) in [5.74, 6) is 1.16. The molecule has 0 atom stereocenters. The van der Waals surface area contributed by atoms with E-state index >= 15 is 0 Å². The molecule has 5 rings (SSSR count). The van der Waals surface area contributed by atoms with Crippen LogP contribution in [0.25, 0.3) is 44.1 Å². The molecular formula is C19H13N5. The van der Waals surface area contributed by atoms with Gasteiger partial charge in [0.25, 0.3) is 0 Å². The minimum Gasteiger partial charge on any atom is -0.382 e. The molecule has 3 aromatic carbocycles. The topological polar surface area (TPSA) is 80.5 Å². The van der Waals surface area contributed by atoms with E-state index in [-0.39, 0.29) is 0 Å². The Bertz CT molecular complexity index is 1170. The highest BCUT2D eigenvalue weighted by Gasteiger charge is 2.15. The van der Waals surface area contributed by atoms with Crippen LogP contribution in [-0.2, 0) is 0 Å². The molecule has 0 spiro atoms.